The highest BCUT2D eigenvalue weighted by molar-refractivity contribution is 7.89. The Labute approximate surface area is 124 Å². The largest absolute Gasteiger partial charge is 0.351 e. The van der Waals surface area contributed by atoms with E-state index in [4.69, 9.17) is 0 Å². The van der Waals surface area contributed by atoms with Gasteiger partial charge in [0.05, 0.1) is 5.75 Å². The van der Waals surface area contributed by atoms with Crippen molar-refractivity contribution >= 4 is 21.5 Å². The molecule has 0 atom stereocenters. The molecule has 0 fully saturated rings. The van der Waals surface area contributed by atoms with Gasteiger partial charge in [-0.1, -0.05) is 19.1 Å². The topological polar surface area (TPSA) is 75.3 Å². The van der Waals surface area contributed by atoms with Crippen molar-refractivity contribution in [3.05, 3.63) is 41.7 Å². The van der Waals surface area contributed by atoms with Gasteiger partial charge in [-0.3, -0.25) is 4.79 Å². The normalized spacial score (nSPS) is 12.2. The molecule has 0 spiro atoms. The maximum absolute atomic E-state index is 13.1. The van der Waals surface area contributed by atoms with Crippen LogP contribution in [0.5, 0.6) is 0 Å². The highest BCUT2D eigenvalue weighted by Crippen LogP contribution is 2.14. The summed E-state index contributed by atoms with van der Waals surface area (Å²) in [6, 6.07) is 5.90. The standard InChI is InChI=1S/C14H19FN2O3S/c1-3-17-21(19,20)8-7-16-14(18)9-11(2)12-5-4-6-13(15)10-12/h4-6,9-10,17H,3,7-8H2,1-2H3,(H,16,18)/b11-9-. The van der Waals surface area contributed by atoms with Crippen molar-refractivity contribution < 1.29 is 17.6 Å². The summed E-state index contributed by atoms with van der Waals surface area (Å²) in [5, 5.41) is 2.48. The van der Waals surface area contributed by atoms with Gasteiger partial charge in [0.1, 0.15) is 5.82 Å². The van der Waals surface area contributed by atoms with E-state index in [1.807, 2.05) is 0 Å². The van der Waals surface area contributed by atoms with Crippen molar-refractivity contribution in [3.63, 3.8) is 0 Å². The predicted octanol–water partition coefficient (Wildman–Crippen LogP) is 1.28. The van der Waals surface area contributed by atoms with Crippen LogP contribution in [0.4, 0.5) is 4.39 Å². The molecule has 7 heteroatoms. The molecule has 0 saturated heterocycles. The maximum atomic E-state index is 13.1. The summed E-state index contributed by atoms with van der Waals surface area (Å²) in [6.45, 7) is 3.70. The summed E-state index contributed by atoms with van der Waals surface area (Å²) >= 11 is 0. The third-order valence-corrected chi connectivity index (χ3v) is 4.13. The molecule has 0 aliphatic carbocycles. The number of hydrogen-bond donors (Lipinski definition) is 2. The molecule has 1 rings (SSSR count). The van der Waals surface area contributed by atoms with Crippen LogP contribution in [0.1, 0.15) is 19.4 Å². The summed E-state index contributed by atoms with van der Waals surface area (Å²) in [5.74, 6) is -0.972. The van der Waals surface area contributed by atoms with E-state index in [9.17, 15) is 17.6 Å². The first kappa shape index (κ1) is 17.3. The Morgan fingerprint density at radius 1 is 1.38 bits per heavy atom. The van der Waals surface area contributed by atoms with Crippen LogP contribution < -0.4 is 10.0 Å². The minimum absolute atomic E-state index is 0.0150. The molecule has 0 bridgehead atoms. The molecular weight excluding hydrogens is 295 g/mol. The van der Waals surface area contributed by atoms with Gasteiger partial charge in [0.2, 0.25) is 15.9 Å². The van der Waals surface area contributed by atoms with E-state index >= 15 is 0 Å². The van der Waals surface area contributed by atoms with Crippen molar-refractivity contribution in [1.82, 2.24) is 10.0 Å². The van der Waals surface area contributed by atoms with Gasteiger partial charge in [-0.15, -0.1) is 0 Å². The Bertz CT molecular complexity index is 627. The molecule has 0 unspecified atom stereocenters. The summed E-state index contributed by atoms with van der Waals surface area (Å²) in [6.07, 6.45) is 1.31. The smallest absolute Gasteiger partial charge is 0.244 e. The number of sulfonamides is 1. The maximum Gasteiger partial charge on any atom is 0.244 e. The van der Waals surface area contributed by atoms with Crippen LogP contribution in [0.3, 0.4) is 0 Å². The average molecular weight is 314 g/mol. The van der Waals surface area contributed by atoms with Gasteiger partial charge < -0.3 is 5.32 Å². The van der Waals surface area contributed by atoms with Crippen LogP contribution in [0.25, 0.3) is 5.57 Å². The van der Waals surface area contributed by atoms with E-state index in [1.165, 1.54) is 18.2 Å². The molecule has 2 N–H and O–H groups in total. The van der Waals surface area contributed by atoms with E-state index in [0.29, 0.717) is 17.7 Å². The molecule has 0 saturated carbocycles. The molecular formula is C14H19FN2O3S. The van der Waals surface area contributed by atoms with E-state index in [0.717, 1.165) is 0 Å². The molecule has 1 aromatic rings. The number of halogens is 1. The van der Waals surface area contributed by atoms with Crippen molar-refractivity contribution in [1.29, 1.82) is 0 Å². The third kappa shape index (κ3) is 6.50. The van der Waals surface area contributed by atoms with Crippen molar-refractivity contribution in [2.24, 2.45) is 0 Å². The van der Waals surface area contributed by atoms with Gasteiger partial charge in [0.25, 0.3) is 0 Å². The molecule has 0 aliphatic rings. The van der Waals surface area contributed by atoms with Crippen molar-refractivity contribution in [3.8, 4) is 0 Å². The quantitative estimate of drug-likeness (QED) is 0.745. The fourth-order valence-corrected chi connectivity index (χ4v) is 2.62. The zero-order valence-corrected chi connectivity index (χ0v) is 12.8. The van der Waals surface area contributed by atoms with E-state index in [-0.39, 0.29) is 18.1 Å². The zero-order valence-electron chi connectivity index (χ0n) is 12.0. The lowest BCUT2D eigenvalue weighted by Crippen LogP contribution is -2.33. The number of amides is 1. The lowest BCUT2D eigenvalue weighted by Gasteiger charge is -2.06. The minimum Gasteiger partial charge on any atom is -0.351 e. The average Bonchev–Trinajstić information content (AvgIpc) is 2.38. The predicted molar refractivity (Wildman–Crippen MR) is 80.5 cm³/mol. The van der Waals surface area contributed by atoms with E-state index in [1.54, 1.807) is 26.0 Å². The first-order chi connectivity index (χ1) is 9.84. The lowest BCUT2D eigenvalue weighted by molar-refractivity contribution is -0.116. The van der Waals surface area contributed by atoms with Crippen LogP contribution >= 0.6 is 0 Å². The SMILES string of the molecule is CCNS(=O)(=O)CCNC(=O)/C=C(/C)c1cccc(F)c1. The molecule has 0 radical (unpaired) electrons. The molecule has 116 valence electrons. The summed E-state index contributed by atoms with van der Waals surface area (Å²) < 4.78 is 38.1. The van der Waals surface area contributed by atoms with Crippen LogP contribution in [0.15, 0.2) is 30.3 Å². The van der Waals surface area contributed by atoms with Gasteiger partial charge >= 0.3 is 0 Å². The number of carbonyl (C=O) groups excluding carboxylic acids is 1. The Hall–Kier alpha value is -1.73. The van der Waals surface area contributed by atoms with Crippen LogP contribution in [0, 0.1) is 5.82 Å². The summed E-state index contributed by atoms with van der Waals surface area (Å²) in [5.41, 5.74) is 1.20. The Morgan fingerprint density at radius 3 is 2.71 bits per heavy atom. The first-order valence-electron chi connectivity index (χ1n) is 6.53. The van der Waals surface area contributed by atoms with Gasteiger partial charge in [-0.2, -0.15) is 0 Å². The fourth-order valence-electron chi connectivity index (χ4n) is 1.67. The van der Waals surface area contributed by atoms with Crippen molar-refractivity contribution in [2.45, 2.75) is 13.8 Å². The summed E-state index contributed by atoms with van der Waals surface area (Å²) in [4.78, 5) is 11.7. The monoisotopic (exact) mass is 314 g/mol. The first-order valence-corrected chi connectivity index (χ1v) is 8.18. The van der Waals surface area contributed by atoms with Gasteiger partial charge in [-0.25, -0.2) is 17.5 Å². The van der Waals surface area contributed by atoms with E-state index < -0.39 is 15.9 Å². The molecule has 1 amide bonds. The number of rotatable bonds is 7. The highest BCUT2D eigenvalue weighted by Gasteiger charge is 2.08. The minimum atomic E-state index is -3.35. The second-order valence-electron chi connectivity index (χ2n) is 4.45. The Morgan fingerprint density at radius 2 is 2.10 bits per heavy atom. The molecule has 21 heavy (non-hydrogen) atoms. The summed E-state index contributed by atoms with van der Waals surface area (Å²) in [7, 11) is -3.35. The van der Waals surface area contributed by atoms with Crippen LogP contribution in [0.2, 0.25) is 0 Å². The fraction of sp³-hybridized carbons (Fsp3) is 0.357. The van der Waals surface area contributed by atoms with Gasteiger partial charge in [-0.05, 0) is 30.2 Å². The molecule has 0 heterocycles. The number of hydrogen-bond acceptors (Lipinski definition) is 3. The van der Waals surface area contributed by atoms with E-state index in [2.05, 4.69) is 10.0 Å². The second kappa shape index (κ2) is 7.90. The molecule has 5 nitrogen and oxygen atoms in total. The van der Waals surface area contributed by atoms with Gasteiger partial charge in [0, 0.05) is 19.2 Å². The van der Waals surface area contributed by atoms with Gasteiger partial charge in [0.15, 0.2) is 0 Å². The Balaban J connectivity index is 2.55. The molecule has 1 aromatic carbocycles. The second-order valence-corrected chi connectivity index (χ2v) is 6.37. The molecule has 0 aromatic heterocycles. The highest BCUT2D eigenvalue weighted by atomic mass is 32.2. The van der Waals surface area contributed by atoms with Crippen LogP contribution in [-0.4, -0.2) is 33.2 Å². The Kier molecular flexibility index (Phi) is 6.51. The third-order valence-electron chi connectivity index (χ3n) is 2.66. The van der Waals surface area contributed by atoms with Crippen LogP contribution in [-0.2, 0) is 14.8 Å². The lowest BCUT2D eigenvalue weighted by atomic mass is 10.1. The number of nitrogens with one attached hydrogen (secondary N) is 2. The molecule has 0 aliphatic heterocycles. The number of benzene rings is 1. The zero-order chi connectivity index (χ0) is 15.9. The number of allylic oxidation sites excluding steroid dienone is 1. The number of carbonyl (C=O) groups is 1. The van der Waals surface area contributed by atoms with Crippen molar-refractivity contribution in [2.75, 3.05) is 18.8 Å².